The van der Waals surface area contributed by atoms with Crippen LogP contribution in [0.5, 0.6) is 0 Å². The summed E-state index contributed by atoms with van der Waals surface area (Å²) in [6, 6.07) is 5.66. The number of nitrogens with two attached hydrogens (primary N) is 1. The quantitative estimate of drug-likeness (QED) is 0.820. The molecule has 1 aromatic rings. The van der Waals surface area contributed by atoms with E-state index in [2.05, 4.69) is 0 Å². The lowest BCUT2D eigenvalue weighted by atomic mass is 10.1. The van der Waals surface area contributed by atoms with Gasteiger partial charge < -0.3 is 10.0 Å². The van der Waals surface area contributed by atoms with Crippen molar-refractivity contribution >= 4 is 21.9 Å². The number of benzene rings is 1. The van der Waals surface area contributed by atoms with E-state index in [9.17, 15) is 18.0 Å². The third kappa shape index (κ3) is 3.28. The molecule has 7 nitrogen and oxygen atoms in total. The zero-order chi connectivity index (χ0) is 16.7. The minimum absolute atomic E-state index is 0.00515. The van der Waals surface area contributed by atoms with Crippen molar-refractivity contribution in [2.24, 2.45) is 17.0 Å². The van der Waals surface area contributed by atoms with Crippen LogP contribution in [0, 0.1) is 11.8 Å². The molecule has 0 saturated heterocycles. The van der Waals surface area contributed by atoms with Crippen LogP contribution in [-0.4, -0.2) is 37.3 Å². The van der Waals surface area contributed by atoms with Crippen molar-refractivity contribution in [1.82, 2.24) is 4.90 Å². The number of nitrogens with zero attached hydrogens (tertiary/aromatic N) is 1. The van der Waals surface area contributed by atoms with Gasteiger partial charge in [-0.25, -0.2) is 13.6 Å². The Morgan fingerprint density at radius 3 is 2.23 bits per heavy atom. The van der Waals surface area contributed by atoms with Gasteiger partial charge in [-0.15, -0.1) is 0 Å². The summed E-state index contributed by atoms with van der Waals surface area (Å²) < 4.78 is 22.4. The molecule has 3 atom stereocenters. The number of primary sulfonamides is 1. The maximum Gasteiger partial charge on any atom is 0.307 e. The van der Waals surface area contributed by atoms with Crippen molar-refractivity contribution in [2.75, 3.05) is 7.05 Å². The van der Waals surface area contributed by atoms with Gasteiger partial charge in [-0.1, -0.05) is 12.1 Å². The van der Waals surface area contributed by atoms with Gasteiger partial charge in [0.05, 0.1) is 22.8 Å². The van der Waals surface area contributed by atoms with E-state index in [1.165, 1.54) is 17.0 Å². The van der Waals surface area contributed by atoms with Gasteiger partial charge in [-0.3, -0.25) is 9.59 Å². The number of carboxylic acid groups (broad SMARTS) is 1. The second-order valence-corrected chi connectivity index (χ2v) is 7.09. The lowest BCUT2D eigenvalue weighted by Gasteiger charge is -2.25. The first-order chi connectivity index (χ1) is 10.1. The van der Waals surface area contributed by atoms with E-state index in [1.54, 1.807) is 26.1 Å². The Kier molecular flexibility index (Phi) is 4.25. The Morgan fingerprint density at radius 2 is 1.82 bits per heavy atom. The van der Waals surface area contributed by atoms with Crippen LogP contribution in [-0.2, 0) is 19.6 Å². The molecular weight excluding hydrogens is 308 g/mol. The van der Waals surface area contributed by atoms with Crippen molar-refractivity contribution in [3.8, 4) is 0 Å². The van der Waals surface area contributed by atoms with Gasteiger partial charge in [0.2, 0.25) is 15.9 Å². The molecule has 1 aromatic carbocycles. The van der Waals surface area contributed by atoms with E-state index in [1.807, 2.05) is 0 Å². The summed E-state index contributed by atoms with van der Waals surface area (Å²) in [6.07, 6.45) is 0.371. The molecule has 0 radical (unpaired) electrons. The highest BCUT2D eigenvalue weighted by atomic mass is 32.2. The van der Waals surface area contributed by atoms with Crippen LogP contribution >= 0.6 is 0 Å². The Hall–Kier alpha value is -1.93. The van der Waals surface area contributed by atoms with E-state index in [0.29, 0.717) is 6.42 Å². The highest BCUT2D eigenvalue weighted by Crippen LogP contribution is 2.41. The van der Waals surface area contributed by atoms with Gasteiger partial charge in [0.15, 0.2) is 0 Å². The molecule has 120 valence electrons. The Bertz CT molecular complexity index is 698. The normalized spacial score (nSPS) is 22.0. The van der Waals surface area contributed by atoms with Crippen LogP contribution in [0.1, 0.15) is 24.9 Å². The van der Waals surface area contributed by atoms with E-state index >= 15 is 0 Å². The largest absolute Gasteiger partial charge is 0.481 e. The van der Waals surface area contributed by atoms with Crippen LogP contribution in [0.3, 0.4) is 0 Å². The zero-order valence-corrected chi connectivity index (χ0v) is 13.1. The van der Waals surface area contributed by atoms with E-state index < -0.39 is 27.8 Å². The standard InChI is InChI=1S/C14H18N2O5S/c1-8(9-3-5-10(6-4-9)22(15,20)21)16(2)13(17)11-7-12(11)14(18)19/h3-6,8,11-12H,7H2,1-2H3,(H,18,19)(H2,15,20,21). The minimum Gasteiger partial charge on any atom is -0.481 e. The highest BCUT2D eigenvalue weighted by molar-refractivity contribution is 7.89. The molecule has 0 spiro atoms. The number of hydrogen-bond acceptors (Lipinski definition) is 4. The van der Waals surface area contributed by atoms with Gasteiger partial charge in [-0.2, -0.15) is 0 Å². The molecule has 1 aliphatic rings. The second kappa shape index (κ2) is 5.69. The van der Waals surface area contributed by atoms with Crippen LogP contribution in [0.15, 0.2) is 29.2 Å². The molecule has 0 aromatic heterocycles. The molecule has 1 saturated carbocycles. The first kappa shape index (κ1) is 16.4. The molecule has 8 heteroatoms. The predicted octanol–water partition coefficient (Wildman–Crippen LogP) is 0.574. The van der Waals surface area contributed by atoms with Crippen LogP contribution in [0.2, 0.25) is 0 Å². The lowest BCUT2D eigenvalue weighted by molar-refractivity contribution is -0.142. The van der Waals surface area contributed by atoms with Crippen molar-refractivity contribution < 1.29 is 23.1 Å². The first-order valence-electron chi connectivity index (χ1n) is 6.75. The third-order valence-electron chi connectivity index (χ3n) is 4.04. The Labute approximate surface area is 128 Å². The predicted molar refractivity (Wildman–Crippen MR) is 78.2 cm³/mol. The Morgan fingerprint density at radius 1 is 1.27 bits per heavy atom. The molecule has 3 unspecified atom stereocenters. The summed E-state index contributed by atoms with van der Waals surface area (Å²) in [6.45, 7) is 1.79. The number of rotatable bonds is 5. The van der Waals surface area contributed by atoms with Gasteiger partial charge in [0.1, 0.15) is 0 Å². The molecule has 22 heavy (non-hydrogen) atoms. The van der Waals surface area contributed by atoms with Crippen molar-refractivity contribution in [2.45, 2.75) is 24.3 Å². The molecule has 0 heterocycles. The minimum atomic E-state index is -3.75. The number of carbonyl (C=O) groups is 2. The van der Waals surface area contributed by atoms with Gasteiger partial charge in [-0.05, 0) is 31.0 Å². The van der Waals surface area contributed by atoms with Crippen LogP contribution in [0.25, 0.3) is 0 Å². The molecular formula is C14H18N2O5S. The molecule has 1 aliphatic carbocycles. The molecule has 0 aliphatic heterocycles. The van der Waals surface area contributed by atoms with Crippen molar-refractivity contribution in [3.63, 3.8) is 0 Å². The fourth-order valence-corrected chi connectivity index (χ4v) is 2.87. The maximum atomic E-state index is 12.2. The number of hydrogen-bond donors (Lipinski definition) is 2. The molecule has 1 amide bonds. The molecule has 1 fully saturated rings. The highest BCUT2D eigenvalue weighted by Gasteiger charge is 2.49. The zero-order valence-electron chi connectivity index (χ0n) is 12.3. The Balaban J connectivity index is 2.09. The number of amides is 1. The molecule has 3 N–H and O–H groups in total. The average molecular weight is 326 g/mol. The molecule has 0 bridgehead atoms. The van der Waals surface area contributed by atoms with E-state index in [0.717, 1.165) is 5.56 Å². The molecule has 2 rings (SSSR count). The van der Waals surface area contributed by atoms with Crippen LogP contribution in [0.4, 0.5) is 0 Å². The lowest BCUT2D eigenvalue weighted by Crippen LogP contribution is -2.31. The third-order valence-corrected chi connectivity index (χ3v) is 4.97. The SMILES string of the molecule is CC(c1ccc(S(N)(=O)=O)cc1)N(C)C(=O)C1CC1C(=O)O. The first-order valence-corrected chi connectivity index (χ1v) is 8.29. The average Bonchev–Trinajstić information content (AvgIpc) is 3.24. The number of aliphatic carboxylic acids is 1. The van der Waals surface area contributed by atoms with Gasteiger partial charge >= 0.3 is 5.97 Å². The fourth-order valence-electron chi connectivity index (χ4n) is 2.35. The summed E-state index contributed by atoms with van der Waals surface area (Å²) in [4.78, 5) is 24.5. The smallest absolute Gasteiger partial charge is 0.307 e. The second-order valence-electron chi connectivity index (χ2n) is 5.53. The number of carbonyl (C=O) groups excluding carboxylic acids is 1. The van der Waals surface area contributed by atoms with E-state index in [4.69, 9.17) is 10.2 Å². The van der Waals surface area contributed by atoms with E-state index in [-0.39, 0.29) is 16.8 Å². The maximum absolute atomic E-state index is 12.2. The van der Waals surface area contributed by atoms with Gasteiger partial charge in [0, 0.05) is 7.05 Å². The summed E-state index contributed by atoms with van der Waals surface area (Å²) in [5.41, 5.74) is 0.746. The van der Waals surface area contributed by atoms with Crippen molar-refractivity contribution in [3.05, 3.63) is 29.8 Å². The fraction of sp³-hybridized carbons (Fsp3) is 0.429. The summed E-state index contributed by atoms with van der Waals surface area (Å²) in [5, 5.41) is 13.9. The summed E-state index contributed by atoms with van der Waals surface area (Å²) in [5.74, 6) is -2.21. The number of carboxylic acids is 1. The van der Waals surface area contributed by atoms with Gasteiger partial charge in [0.25, 0.3) is 0 Å². The summed E-state index contributed by atoms with van der Waals surface area (Å²) >= 11 is 0. The van der Waals surface area contributed by atoms with Crippen LogP contribution < -0.4 is 5.14 Å². The number of sulfonamides is 1. The van der Waals surface area contributed by atoms with Crippen molar-refractivity contribution in [1.29, 1.82) is 0 Å². The summed E-state index contributed by atoms with van der Waals surface area (Å²) in [7, 11) is -2.14. The topological polar surface area (TPSA) is 118 Å². The monoisotopic (exact) mass is 326 g/mol.